The Morgan fingerprint density at radius 2 is 1.91 bits per heavy atom. The molecule has 0 saturated heterocycles. The molecule has 0 aromatic heterocycles. The van der Waals surface area contributed by atoms with Gasteiger partial charge in [0, 0.05) is 0 Å². The highest BCUT2D eigenvalue weighted by Gasteiger charge is 2.28. The summed E-state index contributed by atoms with van der Waals surface area (Å²) in [7, 11) is 0. The highest BCUT2D eigenvalue weighted by atomic mass is 16.3. The van der Waals surface area contributed by atoms with Crippen molar-refractivity contribution in [2.24, 2.45) is 11.3 Å². The maximum atomic E-state index is 9.74. The van der Waals surface area contributed by atoms with Gasteiger partial charge in [0.05, 0.1) is 6.10 Å². The molecule has 66 valence electrons. The second kappa shape index (κ2) is 3.91. The Morgan fingerprint density at radius 3 is 2.18 bits per heavy atom. The Bertz CT molecular complexity index is 125. The molecule has 0 fully saturated rings. The van der Waals surface area contributed by atoms with Crippen molar-refractivity contribution in [2.75, 3.05) is 0 Å². The van der Waals surface area contributed by atoms with Gasteiger partial charge in [-0.1, -0.05) is 33.8 Å². The number of aliphatic hydroxyl groups is 1. The Labute approximate surface area is 70.1 Å². The molecule has 0 radical (unpaired) electrons. The van der Waals surface area contributed by atoms with Gasteiger partial charge in [0.15, 0.2) is 0 Å². The SMILES string of the molecule is C=CCC(C)(C)[C@H](O)C(C)C. The summed E-state index contributed by atoms with van der Waals surface area (Å²) in [5.41, 5.74) is -0.0318. The van der Waals surface area contributed by atoms with E-state index in [1.165, 1.54) is 0 Å². The molecule has 1 nitrogen and oxygen atoms in total. The quantitative estimate of drug-likeness (QED) is 0.620. The number of hydrogen-bond donors (Lipinski definition) is 1. The van der Waals surface area contributed by atoms with E-state index in [1.807, 2.05) is 19.9 Å². The van der Waals surface area contributed by atoms with Gasteiger partial charge in [-0.2, -0.15) is 0 Å². The van der Waals surface area contributed by atoms with Gasteiger partial charge in [-0.25, -0.2) is 0 Å². The molecular formula is C10H20O. The van der Waals surface area contributed by atoms with Crippen LogP contribution in [0.4, 0.5) is 0 Å². The maximum Gasteiger partial charge on any atom is 0.0616 e. The fraction of sp³-hybridized carbons (Fsp3) is 0.800. The molecule has 11 heavy (non-hydrogen) atoms. The van der Waals surface area contributed by atoms with E-state index in [0.29, 0.717) is 5.92 Å². The first-order valence-electron chi connectivity index (χ1n) is 4.20. The van der Waals surface area contributed by atoms with Gasteiger partial charge in [0.2, 0.25) is 0 Å². The van der Waals surface area contributed by atoms with E-state index in [1.54, 1.807) is 0 Å². The molecule has 0 aromatic carbocycles. The highest BCUT2D eigenvalue weighted by Crippen LogP contribution is 2.29. The second-order valence-corrected chi connectivity index (χ2v) is 4.17. The molecule has 0 bridgehead atoms. The molecule has 0 aliphatic heterocycles. The van der Waals surface area contributed by atoms with E-state index in [4.69, 9.17) is 0 Å². The summed E-state index contributed by atoms with van der Waals surface area (Å²) in [5.74, 6) is 0.324. The summed E-state index contributed by atoms with van der Waals surface area (Å²) < 4.78 is 0. The molecule has 1 N–H and O–H groups in total. The topological polar surface area (TPSA) is 20.2 Å². The predicted molar refractivity (Wildman–Crippen MR) is 49.4 cm³/mol. The fourth-order valence-corrected chi connectivity index (χ4v) is 1.40. The lowest BCUT2D eigenvalue weighted by atomic mass is 9.78. The molecule has 0 aliphatic rings. The summed E-state index contributed by atoms with van der Waals surface area (Å²) in [6.45, 7) is 11.9. The normalized spacial score (nSPS) is 15.1. The van der Waals surface area contributed by atoms with Crippen molar-refractivity contribution in [1.29, 1.82) is 0 Å². The van der Waals surface area contributed by atoms with E-state index in [9.17, 15) is 5.11 Å². The number of aliphatic hydroxyl groups excluding tert-OH is 1. The minimum atomic E-state index is -0.236. The highest BCUT2D eigenvalue weighted by molar-refractivity contribution is 4.86. The van der Waals surface area contributed by atoms with Crippen LogP contribution in [0, 0.1) is 11.3 Å². The van der Waals surface area contributed by atoms with Gasteiger partial charge in [-0.3, -0.25) is 0 Å². The largest absolute Gasteiger partial charge is 0.392 e. The van der Waals surface area contributed by atoms with Crippen LogP contribution in [0.1, 0.15) is 34.1 Å². The van der Waals surface area contributed by atoms with Gasteiger partial charge in [-0.05, 0) is 17.8 Å². The van der Waals surface area contributed by atoms with Crippen molar-refractivity contribution < 1.29 is 5.11 Å². The molecule has 0 aromatic rings. The third-order valence-corrected chi connectivity index (χ3v) is 2.10. The van der Waals surface area contributed by atoms with E-state index < -0.39 is 0 Å². The Morgan fingerprint density at radius 1 is 1.45 bits per heavy atom. The first-order chi connectivity index (χ1) is 4.91. The molecule has 0 heterocycles. The molecule has 0 unspecified atom stereocenters. The monoisotopic (exact) mass is 156 g/mol. The van der Waals surface area contributed by atoms with E-state index in [0.717, 1.165) is 6.42 Å². The first-order valence-corrected chi connectivity index (χ1v) is 4.20. The second-order valence-electron chi connectivity index (χ2n) is 4.17. The van der Waals surface area contributed by atoms with Crippen LogP contribution in [0.2, 0.25) is 0 Å². The fourth-order valence-electron chi connectivity index (χ4n) is 1.40. The maximum absolute atomic E-state index is 9.74. The summed E-state index contributed by atoms with van der Waals surface area (Å²) >= 11 is 0. The zero-order chi connectivity index (χ0) is 9.07. The van der Waals surface area contributed by atoms with Crippen LogP contribution in [-0.4, -0.2) is 11.2 Å². The lowest BCUT2D eigenvalue weighted by Gasteiger charge is -2.32. The minimum Gasteiger partial charge on any atom is -0.392 e. The standard InChI is InChI=1S/C10H20O/c1-6-7-10(4,5)9(11)8(2)3/h6,8-9,11H,1,7H2,2-5H3/t9-/m1/s1. The van der Waals surface area contributed by atoms with E-state index >= 15 is 0 Å². The van der Waals surface area contributed by atoms with Crippen LogP contribution in [0.5, 0.6) is 0 Å². The number of rotatable bonds is 4. The van der Waals surface area contributed by atoms with Crippen LogP contribution < -0.4 is 0 Å². The molecule has 1 atom stereocenters. The zero-order valence-corrected chi connectivity index (χ0v) is 8.09. The van der Waals surface area contributed by atoms with Gasteiger partial charge in [0.1, 0.15) is 0 Å². The molecule has 0 rings (SSSR count). The van der Waals surface area contributed by atoms with Crippen molar-refractivity contribution in [3.8, 4) is 0 Å². The van der Waals surface area contributed by atoms with Crippen LogP contribution in [0.15, 0.2) is 12.7 Å². The van der Waals surface area contributed by atoms with Gasteiger partial charge < -0.3 is 5.11 Å². The Kier molecular flexibility index (Phi) is 3.81. The van der Waals surface area contributed by atoms with Crippen molar-refractivity contribution in [1.82, 2.24) is 0 Å². The molecule has 0 saturated carbocycles. The van der Waals surface area contributed by atoms with Gasteiger partial charge in [0.25, 0.3) is 0 Å². The van der Waals surface area contributed by atoms with Gasteiger partial charge in [-0.15, -0.1) is 6.58 Å². The van der Waals surface area contributed by atoms with Crippen molar-refractivity contribution >= 4 is 0 Å². The summed E-state index contributed by atoms with van der Waals surface area (Å²) in [6.07, 6.45) is 2.50. The number of allylic oxidation sites excluding steroid dienone is 1. The summed E-state index contributed by atoms with van der Waals surface area (Å²) in [6, 6.07) is 0. The van der Waals surface area contributed by atoms with E-state index in [-0.39, 0.29) is 11.5 Å². The third-order valence-electron chi connectivity index (χ3n) is 2.10. The smallest absolute Gasteiger partial charge is 0.0616 e. The average molecular weight is 156 g/mol. The van der Waals surface area contributed by atoms with Crippen molar-refractivity contribution in [3.05, 3.63) is 12.7 Å². The Hall–Kier alpha value is -0.300. The van der Waals surface area contributed by atoms with Crippen molar-refractivity contribution in [3.63, 3.8) is 0 Å². The predicted octanol–water partition coefficient (Wildman–Crippen LogP) is 2.61. The first kappa shape index (κ1) is 10.7. The Balaban J connectivity index is 4.15. The van der Waals surface area contributed by atoms with Crippen LogP contribution in [0.25, 0.3) is 0 Å². The molecule has 0 aliphatic carbocycles. The van der Waals surface area contributed by atoms with Crippen LogP contribution in [0.3, 0.4) is 0 Å². The number of hydrogen-bond acceptors (Lipinski definition) is 1. The minimum absolute atomic E-state index is 0.0318. The molecule has 0 amide bonds. The molecular weight excluding hydrogens is 136 g/mol. The van der Waals surface area contributed by atoms with Crippen LogP contribution >= 0.6 is 0 Å². The zero-order valence-electron chi connectivity index (χ0n) is 8.09. The van der Waals surface area contributed by atoms with Crippen LogP contribution in [-0.2, 0) is 0 Å². The average Bonchev–Trinajstić information content (AvgIpc) is 1.86. The lowest BCUT2D eigenvalue weighted by molar-refractivity contribution is 0.0150. The summed E-state index contributed by atoms with van der Waals surface area (Å²) in [4.78, 5) is 0. The van der Waals surface area contributed by atoms with E-state index in [2.05, 4.69) is 20.4 Å². The van der Waals surface area contributed by atoms with Gasteiger partial charge >= 0.3 is 0 Å². The third kappa shape index (κ3) is 3.06. The molecule has 0 spiro atoms. The van der Waals surface area contributed by atoms with Crippen molar-refractivity contribution in [2.45, 2.75) is 40.2 Å². The molecule has 1 heteroatoms. The lowest BCUT2D eigenvalue weighted by Crippen LogP contribution is -2.33. The summed E-state index contributed by atoms with van der Waals surface area (Å²) in [5, 5.41) is 9.74.